The van der Waals surface area contributed by atoms with Crippen LogP contribution in [0.2, 0.25) is 0 Å². The molecule has 7 nitrogen and oxygen atoms in total. The van der Waals surface area contributed by atoms with E-state index < -0.39 is 28.1 Å². The number of urea groups is 1. The van der Waals surface area contributed by atoms with E-state index in [0.717, 1.165) is 15.4 Å². The van der Waals surface area contributed by atoms with Crippen molar-refractivity contribution in [2.75, 3.05) is 11.4 Å². The molecule has 0 radical (unpaired) electrons. The Labute approximate surface area is 208 Å². The van der Waals surface area contributed by atoms with Crippen LogP contribution in [-0.4, -0.2) is 36.4 Å². The maximum Gasteiger partial charge on any atom is 0.339 e. The van der Waals surface area contributed by atoms with E-state index in [-0.39, 0.29) is 17.0 Å². The number of sulfonamides is 1. The standard InChI is InChI=1S/C28H22N2O5S/c31-27(32)23-12-8-10-21(18-23)20-9-7-11-22(17-20)26-19-29(36(34,35)25-15-5-2-6-16-25)28(33)30(26)24-13-3-1-4-14-24/h1-18,26H,19H2,(H,31,32). The van der Waals surface area contributed by atoms with E-state index >= 15 is 0 Å². The molecule has 0 aromatic heterocycles. The van der Waals surface area contributed by atoms with Gasteiger partial charge in [-0.25, -0.2) is 22.3 Å². The minimum absolute atomic E-state index is 0.0475. The van der Waals surface area contributed by atoms with Crippen LogP contribution in [0, 0.1) is 0 Å². The van der Waals surface area contributed by atoms with Crippen LogP contribution >= 0.6 is 0 Å². The number of anilines is 1. The second-order valence-corrected chi connectivity index (χ2v) is 10.2. The molecule has 1 saturated heterocycles. The molecule has 1 unspecified atom stereocenters. The summed E-state index contributed by atoms with van der Waals surface area (Å²) in [5.74, 6) is -1.02. The van der Waals surface area contributed by atoms with Gasteiger partial charge in [0, 0.05) is 5.69 Å². The lowest BCUT2D eigenvalue weighted by atomic mass is 9.98. The summed E-state index contributed by atoms with van der Waals surface area (Å²) in [4.78, 5) is 26.6. The van der Waals surface area contributed by atoms with E-state index in [2.05, 4.69) is 0 Å². The number of amides is 2. The van der Waals surface area contributed by atoms with Gasteiger partial charge in [-0.3, -0.25) is 4.90 Å². The summed E-state index contributed by atoms with van der Waals surface area (Å²) in [5, 5.41) is 9.37. The second-order valence-electron chi connectivity index (χ2n) is 8.36. The van der Waals surface area contributed by atoms with Crippen molar-refractivity contribution in [2.45, 2.75) is 10.9 Å². The first kappa shape index (κ1) is 23.3. The van der Waals surface area contributed by atoms with Crippen LogP contribution in [0.15, 0.2) is 114 Å². The number of hydrogen-bond donors (Lipinski definition) is 1. The Morgan fingerprint density at radius 1 is 0.778 bits per heavy atom. The van der Waals surface area contributed by atoms with Gasteiger partial charge < -0.3 is 5.11 Å². The third-order valence-electron chi connectivity index (χ3n) is 6.15. The maximum atomic E-state index is 13.6. The van der Waals surface area contributed by atoms with Gasteiger partial charge in [0.05, 0.1) is 23.0 Å². The highest BCUT2D eigenvalue weighted by Gasteiger charge is 2.45. The Balaban J connectivity index is 1.58. The van der Waals surface area contributed by atoms with Crippen molar-refractivity contribution in [2.24, 2.45) is 0 Å². The van der Waals surface area contributed by atoms with Gasteiger partial charge in [0.15, 0.2) is 0 Å². The molecule has 4 aromatic rings. The third kappa shape index (κ3) is 4.23. The van der Waals surface area contributed by atoms with Gasteiger partial charge in [0.1, 0.15) is 0 Å². The minimum Gasteiger partial charge on any atom is -0.478 e. The highest BCUT2D eigenvalue weighted by molar-refractivity contribution is 7.89. The van der Waals surface area contributed by atoms with Crippen LogP contribution in [0.1, 0.15) is 22.0 Å². The average molecular weight is 499 g/mol. The van der Waals surface area contributed by atoms with Gasteiger partial charge in [-0.05, 0) is 59.2 Å². The average Bonchev–Trinajstić information content (AvgIpc) is 3.27. The zero-order valence-corrected chi connectivity index (χ0v) is 19.9. The molecule has 1 heterocycles. The van der Waals surface area contributed by atoms with Gasteiger partial charge in [-0.1, -0.05) is 66.7 Å². The SMILES string of the molecule is O=C(O)c1cccc(-c2cccc(C3CN(S(=O)(=O)c4ccccc4)C(=O)N3c3ccccc3)c2)c1. The van der Waals surface area contributed by atoms with Gasteiger partial charge in [0.25, 0.3) is 10.0 Å². The van der Waals surface area contributed by atoms with E-state index in [1.165, 1.54) is 23.1 Å². The first-order valence-corrected chi connectivity index (χ1v) is 12.7. The predicted octanol–water partition coefficient (Wildman–Crippen LogP) is 5.42. The summed E-state index contributed by atoms with van der Waals surface area (Å²) in [6, 6.07) is 29.6. The molecule has 4 aromatic carbocycles. The van der Waals surface area contributed by atoms with E-state index in [4.69, 9.17) is 0 Å². The number of carboxylic acids is 1. The van der Waals surface area contributed by atoms with Gasteiger partial charge in [-0.15, -0.1) is 0 Å². The lowest BCUT2D eigenvalue weighted by Gasteiger charge is -2.24. The minimum atomic E-state index is -4.07. The van der Waals surface area contributed by atoms with Crippen molar-refractivity contribution in [1.29, 1.82) is 0 Å². The van der Waals surface area contributed by atoms with Crippen molar-refractivity contribution in [3.05, 3.63) is 120 Å². The molecular formula is C28H22N2O5S. The topological polar surface area (TPSA) is 95.0 Å². The van der Waals surface area contributed by atoms with E-state index in [1.54, 1.807) is 54.6 Å². The molecule has 0 aliphatic carbocycles. The van der Waals surface area contributed by atoms with Crippen molar-refractivity contribution < 1.29 is 23.1 Å². The number of hydrogen-bond acceptors (Lipinski definition) is 4. The number of nitrogens with zero attached hydrogens (tertiary/aromatic N) is 2. The predicted molar refractivity (Wildman–Crippen MR) is 136 cm³/mol. The number of carboxylic acid groups (broad SMARTS) is 1. The highest BCUT2D eigenvalue weighted by Crippen LogP contribution is 2.38. The summed E-state index contributed by atoms with van der Waals surface area (Å²) in [7, 11) is -4.07. The van der Waals surface area contributed by atoms with Crippen LogP contribution in [0.3, 0.4) is 0 Å². The van der Waals surface area contributed by atoms with Crippen molar-refractivity contribution >= 4 is 27.7 Å². The Morgan fingerprint density at radius 3 is 2.06 bits per heavy atom. The van der Waals surface area contributed by atoms with Crippen LogP contribution in [-0.2, 0) is 10.0 Å². The number of rotatable bonds is 6. The zero-order valence-electron chi connectivity index (χ0n) is 19.1. The van der Waals surface area contributed by atoms with Gasteiger partial charge >= 0.3 is 12.0 Å². The van der Waals surface area contributed by atoms with E-state index in [0.29, 0.717) is 11.3 Å². The van der Waals surface area contributed by atoms with Crippen LogP contribution in [0.4, 0.5) is 10.5 Å². The molecule has 8 heteroatoms. The Bertz CT molecular complexity index is 1540. The summed E-state index contributed by atoms with van der Waals surface area (Å²) in [6.45, 7) is -0.0659. The Hall–Kier alpha value is -4.43. The molecule has 36 heavy (non-hydrogen) atoms. The first-order valence-electron chi connectivity index (χ1n) is 11.3. The number of carbonyl (C=O) groups excluding carboxylic acids is 1. The fourth-order valence-corrected chi connectivity index (χ4v) is 5.77. The van der Waals surface area contributed by atoms with Crippen LogP contribution in [0.25, 0.3) is 11.1 Å². The molecule has 0 saturated carbocycles. The molecule has 1 atom stereocenters. The van der Waals surface area contributed by atoms with Crippen molar-refractivity contribution in [1.82, 2.24) is 4.31 Å². The smallest absolute Gasteiger partial charge is 0.339 e. The fourth-order valence-electron chi connectivity index (χ4n) is 4.38. The molecule has 0 spiro atoms. The van der Waals surface area contributed by atoms with E-state index in [9.17, 15) is 23.1 Å². The molecule has 2 amide bonds. The number of para-hydroxylation sites is 1. The monoisotopic (exact) mass is 498 g/mol. The van der Waals surface area contributed by atoms with E-state index in [1.807, 2.05) is 36.4 Å². The van der Waals surface area contributed by atoms with Crippen LogP contribution < -0.4 is 4.90 Å². The summed E-state index contributed by atoms with van der Waals surface area (Å²) < 4.78 is 27.7. The molecule has 0 bridgehead atoms. The highest BCUT2D eigenvalue weighted by atomic mass is 32.2. The number of carbonyl (C=O) groups is 2. The Kier molecular flexibility index (Phi) is 6.03. The van der Waals surface area contributed by atoms with Crippen molar-refractivity contribution in [3.8, 4) is 11.1 Å². The largest absolute Gasteiger partial charge is 0.478 e. The molecular weight excluding hydrogens is 476 g/mol. The number of benzene rings is 4. The second kappa shape index (κ2) is 9.31. The van der Waals surface area contributed by atoms with Gasteiger partial charge in [-0.2, -0.15) is 0 Å². The number of aromatic carboxylic acids is 1. The molecule has 1 aliphatic rings. The van der Waals surface area contributed by atoms with Crippen LogP contribution in [0.5, 0.6) is 0 Å². The molecule has 1 N–H and O–H groups in total. The van der Waals surface area contributed by atoms with Gasteiger partial charge in [0.2, 0.25) is 0 Å². The fraction of sp³-hybridized carbons (Fsp3) is 0.0714. The third-order valence-corrected chi connectivity index (χ3v) is 7.90. The van der Waals surface area contributed by atoms with Crippen molar-refractivity contribution in [3.63, 3.8) is 0 Å². The first-order chi connectivity index (χ1) is 17.4. The normalized spacial score (nSPS) is 15.8. The maximum absolute atomic E-state index is 13.6. The molecule has 180 valence electrons. The lowest BCUT2D eigenvalue weighted by molar-refractivity contribution is 0.0697. The Morgan fingerprint density at radius 2 is 1.39 bits per heavy atom. The quantitative estimate of drug-likeness (QED) is 0.383. The molecule has 5 rings (SSSR count). The summed E-state index contributed by atoms with van der Waals surface area (Å²) >= 11 is 0. The molecule has 1 aliphatic heterocycles. The lowest BCUT2D eigenvalue weighted by Crippen LogP contribution is -2.36. The zero-order chi connectivity index (χ0) is 25.3. The summed E-state index contributed by atoms with van der Waals surface area (Å²) in [5.41, 5.74) is 2.95. The molecule has 1 fully saturated rings. The summed E-state index contributed by atoms with van der Waals surface area (Å²) in [6.07, 6.45) is 0.